The van der Waals surface area contributed by atoms with E-state index in [0.717, 1.165) is 11.8 Å². The molecule has 0 bridgehead atoms. The first-order chi connectivity index (χ1) is 13.2. The minimum atomic E-state index is -3.57. The predicted molar refractivity (Wildman–Crippen MR) is 109 cm³/mol. The van der Waals surface area contributed by atoms with Crippen molar-refractivity contribution in [2.75, 3.05) is 25.2 Å². The Morgan fingerprint density at radius 3 is 2.32 bits per heavy atom. The predicted octanol–water partition coefficient (Wildman–Crippen LogP) is 3.72. The lowest BCUT2D eigenvalue weighted by atomic mass is 10.1. The number of urea groups is 1. The van der Waals surface area contributed by atoms with E-state index < -0.39 is 10.1 Å². The van der Waals surface area contributed by atoms with Crippen LogP contribution in [-0.2, 0) is 16.7 Å². The molecule has 0 fully saturated rings. The number of carbonyl (C=O) groups is 1. The molecule has 0 aromatic heterocycles. The highest BCUT2D eigenvalue weighted by Crippen LogP contribution is 2.24. The van der Waals surface area contributed by atoms with Crippen molar-refractivity contribution in [2.45, 2.75) is 20.4 Å². The molecular formula is C20H26N2O5S. The zero-order valence-corrected chi connectivity index (χ0v) is 17.3. The summed E-state index contributed by atoms with van der Waals surface area (Å²) in [6, 6.07) is 13.6. The standard InChI is InChI=1S/C20H26N2O5S/c1-15(2)13-22(20(23)21-18-7-5-6-8-19(18)26-3)14-16-9-11-17(12-10-16)27-28(4,24)25/h5-12,15H,13-14H2,1-4H3,(H,21,23). The fourth-order valence-corrected chi connectivity index (χ4v) is 3.11. The lowest BCUT2D eigenvalue weighted by Crippen LogP contribution is -2.37. The smallest absolute Gasteiger partial charge is 0.322 e. The van der Waals surface area contributed by atoms with E-state index in [1.807, 2.05) is 26.0 Å². The highest BCUT2D eigenvalue weighted by molar-refractivity contribution is 7.86. The zero-order valence-electron chi connectivity index (χ0n) is 16.5. The minimum absolute atomic E-state index is 0.236. The van der Waals surface area contributed by atoms with Crippen molar-refractivity contribution in [1.82, 2.24) is 4.90 Å². The molecule has 152 valence electrons. The maximum atomic E-state index is 12.8. The van der Waals surface area contributed by atoms with Gasteiger partial charge in [0.1, 0.15) is 11.5 Å². The second-order valence-electron chi connectivity index (χ2n) is 6.84. The van der Waals surface area contributed by atoms with Gasteiger partial charge in [0.15, 0.2) is 0 Å². The summed E-state index contributed by atoms with van der Waals surface area (Å²) in [5.41, 5.74) is 1.46. The van der Waals surface area contributed by atoms with Gasteiger partial charge in [0.2, 0.25) is 0 Å². The summed E-state index contributed by atoms with van der Waals surface area (Å²) in [5, 5.41) is 2.89. The normalized spacial score (nSPS) is 11.2. The molecule has 0 unspecified atom stereocenters. The number of nitrogens with one attached hydrogen (secondary N) is 1. The summed E-state index contributed by atoms with van der Waals surface area (Å²) in [6.45, 7) is 5.00. The largest absolute Gasteiger partial charge is 0.495 e. The SMILES string of the molecule is COc1ccccc1NC(=O)N(Cc1ccc(OS(C)(=O)=O)cc1)CC(C)C. The van der Waals surface area contributed by atoms with E-state index in [9.17, 15) is 13.2 Å². The Balaban J connectivity index is 2.13. The highest BCUT2D eigenvalue weighted by Gasteiger charge is 2.17. The number of amides is 2. The van der Waals surface area contributed by atoms with Crippen LogP contribution >= 0.6 is 0 Å². The van der Waals surface area contributed by atoms with Crippen LogP contribution in [0.4, 0.5) is 10.5 Å². The maximum absolute atomic E-state index is 12.8. The van der Waals surface area contributed by atoms with E-state index in [0.29, 0.717) is 24.5 Å². The van der Waals surface area contributed by atoms with Gasteiger partial charge in [-0.1, -0.05) is 38.1 Å². The second kappa shape index (κ2) is 9.45. The summed E-state index contributed by atoms with van der Waals surface area (Å²) in [6.07, 6.45) is 0.994. The van der Waals surface area contributed by atoms with Gasteiger partial charge in [-0.15, -0.1) is 0 Å². The summed E-state index contributed by atoms with van der Waals surface area (Å²) >= 11 is 0. The quantitative estimate of drug-likeness (QED) is 0.675. The first-order valence-electron chi connectivity index (χ1n) is 8.85. The molecule has 2 aromatic carbocycles. The average molecular weight is 407 g/mol. The Morgan fingerprint density at radius 1 is 1.11 bits per heavy atom. The Kier molecular flexibility index (Phi) is 7.28. The topological polar surface area (TPSA) is 84.9 Å². The minimum Gasteiger partial charge on any atom is -0.495 e. The molecule has 0 aliphatic rings. The van der Waals surface area contributed by atoms with Gasteiger partial charge >= 0.3 is 16.1 Å². The van der Waals surface area contributed by atoms with Crippen LogP contribution in [0.1, 0.15) is 19.4 Å². The van der Waals surface area contributed by atoms with Gasteiger partial charge in [-0.05, 0) is 35.7 Å². The molecule has 0 aliphatic heterocycles. The van der Waals surface area contributed by atoms with E-state index in [1.54, 1.807) is 48.4 Å². The van der Waals surface area contributed by atoms with Crippen LogP contribution in [0, 0.1) is 5.92 Å². The molecule has 1 N–H and O–H groups in total. The lowest BCUT2D eigenvalue weighted by molar-refractivity contribution is 0.201. The van der Waals surface area contributed by atoms with Gasteiger partial charge in [0.05, 0.1) is 19.1 Å². The number of ether oxygens (including phenoxy) is 1. The molecule has 0 saturated carbocycles. The summed E-state index contributed by atoms with van der Waals surface area (Å²) in [7, 11) is -2.02. The number of hydrogen-bond donors (Lipinski definition) is 1. The van der Waals surface area contributed by atoms with Crippen LogP contribution < -0.4 is 14.2 Å². The molecule has 2 amide bonds. The third-order valence-corrected chi connectivity index (χ3v) is 4.26. The second-order valence-corrected chi connectivity index (χ2v) is 8.41. The van der Waals surface area contributed by atoms with Gasteiger partial charge in [0, 0.05) is 13.1 Å². The lowest BCUT2D eigenvalue weighted by Gasteiger charge is -2.25. The molecular weight excluding hydrogens is 380 g/mol. The molecule has 0 atom stereocenters. The molecule has 2 aromatic rings. The van der Waals surface area contributed by atoms with Crippen molar-refractivity contribution in [1.29, 1.82) is 0 Å². The molecule has 0 spiro atoms. The molecule has 7 nitrogen and oxygen atoms in total. The number of para-hydroxylation sites is 2. The third-order valence-electron chi connectivity index (χ3n) is 3.77. The number of rotatable bonds is 8. The van der Waals surface area contributed by atoms with Crippen LogP contribution in [0.5, 0.6) is 11.5 Å². The van der Waals surface area contributed by atoms with Gasteiger partial charge in [0.25, 0.3) is 0 Å². The molecule has 8 heteroatoms. The molecule has 0 radical (unpaired) electrons. The number of carbonyl (C=O) groups excluding carboxylic acids is 1. The molecule has 28 heavy (non-hydrogen) atoms. The fourth-order valence-electron chi connectivity index (χ4n) is 2.65. The van der Waals surface area contributed by atoms with E-state index in [4.69, 9.17) is 8.92 Å². The number of hydrogen-bond acceptors (Lipinski definition) is 5. The maximum Gasteiger partial charge on any atom is 0.322 e. The summed E-state index contributed by atoms with van der Waals surface area (Å²) in [5.74, 6) is 1.10. The van der Waals surface area contributed by atoms with E-state index >= 15 is 0 Å². The van der Waals surface area contributed by atoms with Crippen LogP contribution in [0.25, 0.3) is 0 Å². The van der Waals surface area contributed by atoms with Crippen molar-refractivity contribution < 1.29 is 22.1 Å². The zero-order chi connectivity index (χ0) is 20.7. The van der Waals surface area contributed by atoms with Crippen molar-refractivity contribution in [3.8, 4) is 11.5 Å². The fraction of sp³-hybridized carbons (Fsp3) is 0.350. The first-order valence-corrected chi connectivity index (χ1v) is 10.7. The Morgan fingerprint density at radius 2 is 1.75 bits per heavy atom. The van der Waals surface area contributed by atoms with Gasteiger partial charge in [-0.25, -0.2) is 4.79 Å². The van der Waals surface area contributed by atoms with Crippen LogP contribution in [-0.4, -0.2) is 39.3 Å². The Hall–Kier alpha value is -2.74. The van der Waals surface area contributed by atoms with E-state index in [1.165, 1.54) is 0 Å². The van der Waals surface area contributed by atoms with Gasteiger partial charge in [-0.2, -0.15) is 8.42 Å². The van der Waals surface area contributed by atoms with Crippen molar-refractivity contribution in [2.24, 2.45) is 5.92 Å². The van der Waals surface area contributed by atoms with Crippen LogP contribution in [0.15, 0.2) is 48.5 Å². The number of nitrogens with zero attached hydrogens (tertiary/aromatic N) is 1. The number of benzene rings is 2. The number of methoxy groups -OCH3 is 1. The van der Waals surface area contributed by atoms with Crippen LogP contribution in [0.2, 0.25) is 0 Å². The molecule has 0 heterocycles. The van der Waals surface area contributed by atoms with Gasteiger partial charge in [-0.3, -0.25) is 0 Å². The Labute approximate surface area is 166 Å². The number of anilines is 1. The first kappa shape index (κ1) is 21.6. The van der Waals surface area contributed by atoms with Crippen molar-refractivity contribution in [3.63, 3.8) is 0 Å². The molecule has 2 rings (SSSR count). The summed E-state index contributed by atoms with van der Waals surface area (Å²) in [4.78, 5) is 14.5. The van der Waals surface area contributed by atoms with E-state index in [-0.39, 0.29) is 17.7 Å². The monoisotopic (exact) mass is 406 g/mol. The average Bonchev–Trinajstić information content (AvgIpc) is 2.61. The summed E-state index contributed by atoms with van der Waals surface area (Å²) < 4.78 is 32.5. The third kappa shape index (κ3) is 6.77. The highest BCUT2D eigenvalue weighted by atomic mass is 32.2. The van der Waals surface area contributed by atoms with E-state index in [2.05, 4.69) is 5.32 Å². The van der Waals surface area contributed by atoms with Crippen molar-refractivity contribution >= 4 is 21.8 Å². The Bertz CT molecular complexity index is 895. The van der Waals surface area contributed by atoms with Gasteiger partial charge < -0.3 is 19.1 Å². The molecule has 0 saturated heterocycles. The van der Waals surface area contributed by atoms with Crippen LogP contribution in [0.3, 0.4) is 0 Å². The molecule has 0 aliphatic carbocycles. The van der Waals surface area contributed by atoms with Crippen molar-refractivity contribution in [3.05, 3.63) is 54.1 Å².